The smallest absolute Gasteiger partial charge is 0.291 e. The molecule has 1 N–H and O–H groups in total. The lowest BCUT2D eigenvalue weighted by Gasteiger charge is -2.27. The average Bonchev–Trinajstić information content (AvgIpc) is 3.47. The summed E-state index contributed by atoms with van der Waals surface area (Å²) >= 11 is 0. The van der Waals surface area contributed by atoms with Gasteiger partial charge in [0.15, 0.2) is 5.76 Å². The maximum Gasteiger partial charge on any atom is 0.291 e. The molecule has 2 aromatic heterocycles. The molecule has 9 heteroatoms. The first-order valence-electron chi connectivity index (χ1n) is 11.0. The highest BCUT2D eigenvalue weighted by atomic mass is 16.5. The molecule has 0 spiro atoms. The number of hydrogen-bond acceptors (Lipinski definition) is 6. The molecule has 1 saturated heterocycles. The molecule has 4 rings (SSSR count). The highest BCUT2D eigenvalue weighted by Gasteiger charge is 2.26. The SMILES string of the molecule is CCn1ncc(NC(=O)c2ccc(COc3cc(C)ccc3C)o2)c1C(=O)N1CCOCC1. The fourth-order valence-electron chi connectivity index (χ4n) is 3.63. The number of nitrogens with zero attached hydrogens (tertiary/aromatic N) is 3. The minimum Gasteiger partial charge on any atom is -0.485 e. The van der Waals surface area contributed by atoms with Gasteiger partial charge < -0.3 is 24.1 Å². The van der Waals surface area contributed by atoms with Crippen LogP contribution >= 0.6 is 0 Å². The van der Waals surface area contributed by atoms with Crippen LogP contribution in [0, 0.1) is 13.8 Å². The van der Waals surface area contributed by atoms with E-state index in [4.69, 9.17) is 13.9 Å². The van der Waals surface area contributed by atoms with Crippen LogP contribution in [-0.4, -0.2) is 52.8 Å². The van der Waals surface area contributed by atoms with Gasteiger partial charge >= 0.3 is 0 Å². The molecule has 1 fully saturated rings. The predicted molar refractivity (Wildman–Crippen MR) is 122 cm³/mol. The Bertz CT molecular complexity index is 1140. The van der Waals surface area contributed by atoms with Crippen LogP contribution in [0.4, 0.5) is 5.69 Å². The molecule has 174 valence electrons. The van der Waals surface area contributed by atoms with Crippen LogP contribution in [0.15, 0.2) is 40.9 Å². The Morgan fingerprint density at radius 1 is 1.15 bits per heavy atom. The van der Waals surface area contributed by atoms with Gasteiger partial charge in [0.1, 0.15) is 23.8 Å². The summed E-state index contributed by atoms with van der Waals surface area (Å²) in [6, 6.07) is 9.28. The van der Waals surface area contributed by atoms with Gasteiger partial charge in [-0.2, -0.15) is 5.10 Å². The van der Waals surface area contributed by atoms with Gasteiger partial charge in [0.05, 0.1) is 25.1 Å². The van der Waals surface area contributed by atoms with Crippen molar-refractivity contribution in [2.75, 3.05) is 31.6 Å². The molecule has 0 radical (unpaired) electrons. The van der Waals surface area contributed by atoms with Gasteiger partial charge in [-0.1, -0.05) is 12.1 Å². The van der Waals surface area contributed by atoms with Gasteiger partial charge in [0, 0.05) is 19.6 Å². The maximum absolute atomic E-state index is 13.1. The van der Waals surface area contributed by atoms with Crippen molar-refractivity contribution in [1.29, 1.82) is 0 Å². The van der Waals surface area contributed by atoms with E-state index < -0.39 is 5.91 Å². The minimum absolute atomic E-state index is 0.128. The zero-order valence-electron chi connectivity index (χ0n) is 19.1. The van der Waals surface area contributed by atoms with E-state index in [1.165, 1.54) is 6.20 Å². The molecular formula is C24H28N4O5. The highest BCUT2D eigenvalue weighted by molar-refractivity contribution is 6.07. The number of benzene rings is 1. The van der Waals surface area contributed by atoms with Crippen molar-refractivity contribution in [1.82, 2.24) is 14.7 Å². The van der Waals surface area contributed by atoms with Crippen molar-refractivity contribution in [3.8, 4) is 5.75 Å². The summed E-state index contributed by atoms with van der Waals surface area (Å²) in [5, 5.41) is 7.02. The van der Waals surface area contributed by atoms with E-state index in [9.17, 15) is 9.59 Å². The molecule has 0 atom stereocenters. The Hall–Kier alpha value is -3.59. The lowest BCUT2D eigenvalue weighted by Crippen LogP contribution is -2.41. The largest absolute Gasteiger partial charge is 0.485 e. The lowest BCUT2D eigenvalue weighted by molar-refractivity contribution is 0.0295. The number of hydrogen-bond donors (Lipinski definition) is 1. The normalized spacial score (nSPS) is 13.7. The van der Waals surface area contributed by atoms with Crippen molar-refractivity contribution in [3.63, 3.8) is 0 Å². The van der Waals surface area contributed by atoms with Crippen molar-refractivity contribution in [3.05, 3.63) is 64.9 Å². The summed E-state index contributed by atoms with van der Waals surface area (Å²) in [5.74, 6) is 0.781. The minimum atomic E-state index is -0.459. The summed E-state index contributed by atoms with van der Waals surface area (Å²) in [6.45, 7) is 8.56. The summed E-state index contributed by atoms with van der Waals surface area (Å²) in [7, 11) is 0. The number of morpholine rings is 1. The number of amides is 2. The maximum atomic E-state index is 13.1. The molecule has 1 aromatic carbocycles. The van der Waals surface area contributed by atoms with Crippen LogP contribution in [0.25, 0.3) is 0 Å². The third-order valence-corrected chi connectivity index (χ3v) is 5.49. The number of ether oxygens (including phenoxy) is 2. The predicted octanol–water partition coefficient (Wildman–Crippen LogP) is 3.42. The average molecular weight is 453 g/mol. The van der Waals surface area contributed by atoms with Crippen LogP contribution in [0.1, 0.15) is 44.9 Å². The molecule has 3 aromatic rings. The molecule has 1 aliphatic rings. The van der Waals surface area contributed by atoms with E-state index in [0.717, 1.165) is 16.9 Å². The Labute approximate surface area is 192 Å². The van der Waals surface area contributed by atoms with Crippen LogP contribution in [-0.2, 0) is 17.9 Å². The molecule has 0 unspecified atom stereocenters. The van der Waals surface area contributed by atoms with Gasteiger partial charge in [-0.15, -0.1) is 0 Å². The van der Waals surface area contributed by atoms with E-state index in [1.54, 1.807) is 21.7 Å². The van der Waals surface area contributed by atoms with Gasteiger partial charge in [-0.05, 0) is 50.1 Å². The van der Waals surface area contributed by atoms with E-state index >= 15 is 0 Å². The van der Waals surface area contributed by atoms with Crippen LogP contribution in [0.2, 0.25) is 0 Å². The standard InChI is InChI=1S/C24H28N4O5/c1-4-28-22(24(30)27-9-11-31-12-10-27)19(14-25-28)26-23(29)20-8-7-18(33-20)15-32-21-13-16(2)5-6-17(21)3/h5-8,13-14H,4,9-12,15H2,1-3H3,(H,26,29). The second-order valence-corrected chi connectivity index (χ2v) is 7.90. The Morgan fingerprint density at radius 3 is 2.70 bits per heavy atom. The van der Waals surface area contributed by atoms with Crippen LogP contribution in [0.5, 0.6) is 5.75 Å². The van der Waals surface area contributed by atoms with Crippen molar-refractivity contribution in [2.45, 2.75) is 33.9 Å². The molecule has 0 saturated carbocycles. The molecule has 2 amide bonds. The number of aryl methyl sites for hydroxylation is 3. The molecule has 1 aliphatic heterocycles. The summed E-state index contributed by atoms with van der Waals surface area (Å²) < 4.78 is 18.4. The van der Waals surface area contributed by atoms with E-state index in [-0.39, 0.29) is 18.3 Å². The second kappa shape index (κ2) is 9.91. The Morgan fingerprint density at radius 2 is 1.94 bits per heavy atom. The molecular weight excluding hydrogens is 424 g/mol. The van der Waals surface area contributed by atoms with Gasteiger partial charge in [-0.3, -0.25) is 14.3 Å². The second-order valence-electron chi connectivity index (χ2n) is 7.90. The summed E-state index contributed by atoms with van der Waals surface area (Å²) in [4.78, 5) is 27.6. The number of anilines is 1. The fraction of sp³-hybridized carbons (Fsp3) is 0.375. The fourth-order valence-corrected chi connectivity index (χ4v) is 3.63. The highest BCUT2D eigenvalue weighted by Crippen LogP contribution is 2.22. The number of rotatable bonds is 7. The number of carbonyl (C=O) groups excluding carboxylic acids is 2. The number of nitrogens with one attached hydrogen (secondary N) is 1. The first-order chi connectivity index (χ1) is 16.0. The van der Waals surface area contributed by atoms with E-state index in [2.05, 4.69) is 10.4 Å². The van der Waals surface area contributed by atoms with Gasteiger partial charge in [0.25, 0.3) is 11.8 Å². The number of carbonyl (C=O) groups is 2. The number of furan rings is 1. The summed E-state index contributed by atoms with van der Waals surface area (Å²) in [6.07, 6.45) is 1.49. The topological polar surface area (TPSA) is 98.8 Å². The van der Waals surface area contributed by atoms with Crippen LogP contribution < -0.4 is 10.1 Å². The van der Waals surface area contributed by atoms with Crippen molar-refractivity contribution >= 4 is 17.5 Å². The zero-order chi connectivity index (χ0) is 23.4. The quantitative estimate of drug-likeness (QED) is 0.590. The molecule has 3 heterocycles. The Balaban J connectivity index is 1.45. The van der Waals surface area contributed by atoms with Gasteiger partial charge in [0.2, 0.25) is 0 Å². The molecule has 9 nitrogen and oxygen atoms in total. The summed E-state index contributed by atoms with van der Waals surface area (Å²) in [5.41, 5.74) is 2.82. The Kier molecular flexibility index (Phi) is 6.79. The monoisotopic (exact) mass is 452 g/mol. The van der Waals surface area contributed by atoms with Crippen LogP contribution in [0.3, 0.4) is 0 Å². The van der Waals surface area contributed by atoms with Crippen molar-refractivity contribution in [2.24, 2.45) is 0 Å². The zero-order valence-corrected chi connectivity index (χ0v) is 19.1. The molecule has 0 bridgehead atoms. The molecule has 0 aliphatic carbocycles. The van der Waals surface area contributed by atoms with Crippen molar-refractivity contribution < 1.29 is 23.5 Å². The van der Waals surface area contributed by atoms with Gasteiger partial charge in [-0.25, -0.2) is 0 Å². The van der Waals surface area contributed by atoms with E-state index in [1.807, 2.05) is 39.0 Å². The third-order valence-electron chi connectivity index (χ3n) is 5.49. The van der Waals surface area contributed by atoms with E-state index in [0.29, 0.717) is 50.0 Å². The molecule has 33 heavy (non-hydrogen) atoms. The third kappa shape index (κ3) is 5.09. The first-order valence-corrected chi connectivity index (χ1v) is 11.0. The number of aromatic nitrogens is 2. The first kappa shape index (κ1) is 22.6. The lowest BCUT2D eigenvalue weighted by atomic mass is 10.1.